The van der Waals surface area contributed by atoms with Crippen LogP contribution in [-0.4, -0.2) is 0 Å². The molecule has 0 heterocycles. The van der Waals surface area contributed by atoms with E-state index in [4.69, 9.17) is 0 Å². The van der Waals surface area contributed by atoms with Crippen LogP contribution in [0.4, 0.5) is 0 Å². The van der Waals surface area contributed by atoms with E-state index in [1.807, 2.05) is 0 Å². The molecule has 0 amide bonds. The van der Waals surface area contributed by atoms with Gasteiger partial charge in [-0.05, 0) is 0 Å². The lowest BCUT2D eigenvalue weighted by Gasteiger charge is -1.85. The van der Waals surface area contributed by atoms with E-state index >= 15 is 0 Å². The molecular weight excluding hydrogens is 168 g/mol. The summed E-state index contributed by atoms with van der Waals surface area (Å²) in [4.78, 5) is 0. The molecule has 0 radical (unpaired) electrons. The third-order valence-electron chi connectivity index (χ3n) is 3.50. The molecule has 14 heavy (non-hydrogen) atoms. The van der Waals surface area contributed by atoms with E-state index in [9.17, 15) is 0 Å². The minimum absolute atomic E-state index is 1.50. The first-order valence-electron chi connectivity index (χ1n) is 7.00. The Morgan fingerprint density at radius 3 is 0.286 bits per heavy atom. The zero-order valence-electron chi connectivity index (χ0n) is 9.90. The maximum Gasteiger partial charge on any atom is -0.0533 e. The molecule has 2 saturated carbocycles. The molecule has 0 bridgehead atoms. The van der Waals surface area contributed by atoms with Gasteiger partial charge >= 0.3 is 0 Å². The molecule has 2 fully saturated rings. The Kier molecular flexibility index (Phi) is 8.24. The third kappa shape index (κ3) is 7.41. The molecule has 0 spiro atoms. The predicted octanol–water partition coefficient (Wildman–Crippen LogP) is 5.46. The molecule has 0 unspecified atom stereocenters. The second-order valence-electron chi connectivity index (χ2n) is 4.95. The van der Waals surface area contributed by atoms with Gasteiger partial charge in [-0.3, -0.25) is 0 Å². The summed E-state index contributed by atoms with van der Waals surface area (Å²) >= 11 is 0. The minimum Gasteiger partial charge on any atom is -0.0533 e. The molecule has 2 rings (SSSR count). The van der Waals surface area contributed by atoms with Crippen LogP contribution in [0.25, 0.3) is 0 Å². The summed E-state index contributed by atoms with van der Waals surface area (Å²) in [7, 11) is 0. The van der Waals surface area contributed by atoms with E-state index in [1.165, 1.54) is 89.9 Å². The zero-order valence-corrected chi connectivity index (χ0v) is 9.90. The van der Waals surface area contributed by atoms with Gasteiger partial charge < -0.3 is 0 Å². The molecule has 0 aromatic heterocycles. The summed E-state index contributed by atoms with van der Waals surface area (Å²) in [6, 6.07) is 0. The lowest BCUT2D eigenvalue weighted by atomic mass is 10.2. The molecule has 2 aliphatic rings. The van der Waals surface area contributed by atoms with Crippen molar-refractivity contribution in [3.05, 3.63) is 0 Å². The van der Waals surface area contributed by atoms with Crippen LogP contribution in [0.5, 0.6) is 0 Å². The normalized spacial score (nSPS) is 24.0. The van der Waals surface area contributed by atoms with Crippen molar-refractivity contribution in [3.8, 4) is 0 Å². The smallest absolute Gasteiger partial charge is 0.0533 e. The van der Waals surface area contributed by atoms with Gasteiger partial charge in [-0.15, -0.1) is 0 Å². The summed E-state index contributed by atoms with van der Waals surface area (Å²) < 4.78 is 0. The van der Waals surface area contributed by atoms with Crippen molar-refractivity contribution in [3.63, 3.8) is 0 Å². The fraction of sp³-hybridized carbons (Fsp3) is 1.00. The largest absolute Gasteiger partial charge is 0.0533 e. The van der Waals surface area contributed by atoms with E-state index in [2.05, 4.69) is 0 Å². The second kappa shape index (κ2) is 9.55. The molecule has 0 atom stereocenters. The Hall–Kier alpha value is 0. The lowest BCUT2D eigenvalue weighted by molar-refractivity contribution is 0.702. The fourth-order valence-electron chi connectivity index (χ4n) is 2.47. The van der Waals surface area contributed by atoms with Crippen LogP contribution in [0.3, 0.4) is 0 Å². The fourth-order valence-corrected chi connectivity index (χ4v) is 2.47. The van der Waals surface area contributed by atoms with Gasteiger partial charge in [0.2, 0.25) is 0 Å². The molecule has 84 valence electrons. The highest BCUT2D eigenvalue weighted by molar-refractivity contribution is 4.51. The monoisotopic (exact) mass is 196 g/mol. The average molecular weight is 196 g/mol. The average Bonchev–Trinajstić information content (AvgIpc) is 2.68. The van der Waals surface area contributed by atoms with Crippen molar-refractivity contribution in [2.75, 3.05) is 0 Å². The summed E-state index contributed by atoms with van der Waals surface area (Å²) in [5.74, 6) is 0. The first-order valence-corrected chi connectivity index (χ1v) is 7.00. The Labute approximate surface area is 90.5 Å². The Bertz CT molecular complexity index is 53.3. The lowest BCUT2D eigenvalue weighted by Crippen LogP contribution is -1.66. The van der Waals surface area contributed by atoms with Crippen molar-refractivity contribution < 1.29 is 0 Å². The molecule has 0 aromatic rings. The van der Waals surface area contributed by atoms with E-state index < -0.39 is 0 Å². The predicted molar refractivity (Wildman–Crippen MR) is 64.6 cm³/mol. The van der Waals surface area contributed by atoms with Gasteiger partial charge in [0.05, 0.1) is 0 Å². The first kappa shape index (κ1) is 12.1. The maximum absolute atomic E-state index is 1.50. The third-order valence-corrected chi connectivity index (χ3v) is 3.50. The summed E-state index contributed by atoms with van der Waals surface area (Å²) in [5, 5.41) is 0. The molecule has 0 aliphatic heterocycles. The highest BCUT2D eigenvalue weighted by Gasteiger charge is 1.96. The SMILES string of the molecule is C1CCCCCC1.C1CCCCCC1. The van der Waals surface area contributed by atoms with Crippen LogP contribution >= 0.6 is 0 Å². The van der Waals surface area contributed by atoms with E-state index in [-0.39, 0.29) is 0 Å². The van der Waals surface area contributed by atoms with Gasteiger partial charge in [-0.25, -0.2) is 0 Å². The van der Waals surface area contributed by atoms with Crippen LogP contribution in [0, 0.1) is 0 Å². The second-order valence-corrected chi connectivity index (χ2v) is 4.95. The van der Waals surface area contributed by atoms with Crippen molar-refractivity contribution in [2.45, 2.75) is 89.9 Å². The highest BCUT2D eigenvalue weighted by Crippen LogP contribution is 2.16. The standard InChI is InChI=1S/2C7H14/c2*1-2-4-6-7-5-3-1/h2*1-7H2. The van der Waals surface area contributed by atoms with Crippen LogP contribution in [-0.2, 0) is 0 Å². The zero-order chi connectivity index (χ0) is 9.90. The first-order chi connectivity index (χ1) is 7.00. The van der Waals surface area contributed by atoms with Crippen molar-refractivity contribution in [1.29, 1.82) is 0 Å². The van der Waals surface area contributed by atoms with Crippen LogP contribution in [0.15, 0.2) is 0 Å². The number of rotatable bonds is 0. The van der Waals surface area contributed by atoms with Gasteiger partial charge in [0.15, 0.2) is 0 Å². The molecule has 2 aliphatic carbocycles. The van der Waals surface area contributed by atoms with E-state index in [1.54, 1.807) is 0 Å². The van der Waals surface area contributed by atoms with Crippen molar-refractivity contribution in [1.82, 2.24) is 0 Å². The summed E-state index contributed by atoms with van der Waals surface area (Å²) in [6.45, 7) is 0. The van der Waals surface area contributed by atoms with Crippen LogP contribution in [0.2, 0.25) is 0 Å². The Morgan fingerprint density at radius 2 is 0.214 bits per heavy atom. The highest BCUT2D eigenvalue weighted by atomic mass is 14.0. The van der Waals surface area contributed by atoms with E-state index in [0.717, 1.165) is 0 Å². The molecule has 0 nitrogen and oxygen atoms in total. The minimum atomic E-state index is 1.50. The van der Waals surface area contributed by atoms with Crippen molar-refractivity contribution >= 4 is 0 Å². The molecule has 0 N–H and O–H groups in total. The Balaban J connectivity index is 0.000000140. The summed E-state index contributed by atoms with van der Waals surface area (Å²) in [5.41, 5.74) is 0. The van der Waals surface area contributed by atoms with Gasteiger partial charge in [-0.1, -0.05) is 89.9 Å². The van der Waals surface area contributed by atoms with Gasteiger partial charge in [0, 0.05) is 0 Å². The molecule has 0 aromatic carbocycles. The maximum atomic E-state index is 1.50. The number of hydrogen-bond donors (Lipinski definition) is 0. The quantitative estimate of drug-likeness (QED) is 0.451. The topological polar surface area (TPSA) is 0 Å². The van der Waals surface area contributed by atoms with Gasteiger partial charge in [0.25, 0.3) is 0 Å². The van der Waals surface area contributed by atoms with Gasteiger partial charge in [-0.2, -0.15) is 0 Å². The van der Waals surface area contributed by atoms with Crippen LogP contribution < -0.4 is 0 Å². The van der Waals surface area contributed by atoms with Crippen molar-refractivity contribution in [2.24, 2.45) is 0 Å². The summed E-state index contributed by atoms with van der Waals surface area (Å²) in [6.07, 6.45) is 21.0. The van der Waals surface area contributed by atoms with Gasteiger partial charge in [0.1, 0.15) is 0 Å². The van der Waals surface area contributed by atoms with Crippen LogP contribution in [0.1, 0.15) is 89.9 Å². The number of hydrogen-bond acceptors (Lipinski definition) is 0. The molecule has 0 heteroatoms. The van der Waals surface area contributed by atoms with E-state index in [0.29, 0.717) is 0 Å². The molecule has 0 saturated heterocycles. The Morgan fingerprint density at radius 1 is 0.143 bits per heavy atom. The molecular formula is C14H28.